The Kier molecular flexibility index (Phi) is 5.05. The summed E-state index contributed by atoms with van der Waals surface area (Å²) in [6, 6.07) is 0.0217. The number of hydrogen-bond donors (Lipinski definition) is 2. The van der Waals surface area contributed by atoms with E-state index in [4.69, 9.17) is 9.84 Å². The second-order valence-electron chi connectivity index (χ2n) is 5.90. The molecular weight excluding hydrogens is 244 g/mol. The predicted octanol–water partition coefficient (Wildman–Crippen LogP) is 1.50. The van der Waals surface area contributed by atoms with E-state index in [0.29, 0.717) is 6.54 Å². The van der Waals surface area contributed by atoms with E-state index in [1.807, 2.05) is 4.90 Å². The molecule has 0 unspecified atom stereocenters. The third-order valence-electron chi connectivity index (χ3n) is 4.37. The van der Waals surface area contributed by atoms with Crippen molar-refractivity contribution < 1.29 is 14.6 Å². The number of nitrogens with one attached hydrogen (secondary N) is 1. The van der Waals surface area contributed by atoms with Crippen LogP contribution in [0, 0.1) is 0 Å². The van der Waals surface area contributed by atoms with Gasteiger partial charge in [-0.3, -0.25) is 0 Å². The smallest absolute Gasteiger partial charge is 0.317 e. The van der Waals surface area contributed by atoms with Crippen LogP contribution >= 0.6 is 0 Å². The summed E-state index contributed by atoms with van der Waals surface area (Å²) < 4.78 is 5.52. The fraction of sp³-hybridized carbons (Fsp3) is 0.929. The Morgan fingerprint density at radius 1 is 1.53 bits per heavy atom. The lowest BCUT2D eigenvalue weighted by molar-refractivity contribution is 0.103. The minimum absolute atomic E-state index is 0.0217. The van der Waals surface area contributed by atoms with Crippen LogP contribution in [0.5, 0.6) is 0 Å². The predicted molar refractivity (Wildman–Crippen MR) is 73.0 cm³/mol. The molecule has 2 heterocycles. The fourth-order valence-corrected chi connectivity index (χ4v) is 3.19. The van der Waals surface area contributed by atoms with Gasteiger partial charge in [0, 0.05) is 31.8 Å². The van der Waals surface area contributed by atoms with Crippen molar-refractivity contribution in [2.45, 2.75) is 57.1 Å². The molecule has 5 heteroatoms. The molecule has 0 aromatic heterocycles. The maximum Gasteiger partial charge on any atom is 0.317 e. The Bertz CT molecular complexity index is 305. The molecule has 2 fully saturated rings. The third kappa shape index (κ3) is 3.60. The molecule has 0 saturated carbocycles. The summed E-state index contributed by atoms with van der Waals surface area (Å²) in [5.41, 5.74) is -0.0939. The van der Waals surface area contributed by atoms with Gasteiger partial charge in [-0.05, 0) is 45.4 Å². The average molecular weight is 270 g/mol. The van der Waals surface area contributed by atoms with Gasteiger partial charge in [-0.1, -0.05) is 0 Å². The van der Waals surface area contributed by atoms with E-state index in [2.05, 4.69) is 12.2 Å². The molecule has 0 aromatic carbocycles. The number of amides is 2. The zero-order chi connectivity index (χ0) is 13.7. The molecule has 2 aliphatic rings. The normalized spacial score (nSPS) is 30.8. The van der Waals surface area contributed by atoms with E-state index in [-0.39, 0.29) is 24.3 Å². The first-order valence-corrected chi connectivity index (χ1v) is 7.44. The number of carbonyl (C=O) groups is 1. The Labute approximate surface area is 115 Å². The van der Waals surface area contributed by atoms with Crippen LogP contribution in [0.4, 0.5) is 4.79 Å². The van der Waals surface area contributed by atoms with E-state index in [1.165, 1.54) is 0 Å². The first-order valence-electron chi connectivity index (χ1n) is 7.44. The van der Waals surface area contributed by atoms with Crippen molar-refractivity contribution in [1.29, 1.82) is 0 Å². The highest BCUT2D eigenvalue weighted by atomic mass is 16.5. The van der Waals surface area contributed by atoms with Gasteiger partial charge < -0.3 is 20.1 Å². The molecule has 2 amide bonds. The van der Waals surface area contributed by atoms with Crippen LogP contribution in [0.1, 0.15) is 45.4 Å². The van der Waals surface area contributed by atoms with Crippen molar-refractivity contribution in [3.8, 4) is 0 Å². The van der Waals surface area contributed by atoms with Crippen LogP contribution in [-0.2, 0) is 4.74 Å². The van der Waals surface area contributed by atoms with Gasteiger partial charge in [-0.15, -0.1) is 0 Å². The van der Waals surface area contributed by atoms with Gasteiger partial charge in [-0.25, -0.2) is 4.79 Å². The molecule has 2 rings (SSSR count). The van der Waals surface area contributed by atoms with Crippen molar-refractivity contribution in [3.63, 3.8) is 0 Å². The number of likely N-dealkylation sites (tertiary alicyclic amines) is 1. The standard InChI is InChI=1S/C14H26N2O3/c1-14(7-4-9-17)6-3-8-16(14)13(18)15-11-12-5-2-10-19-12/h12,17H,2-11H2,1H3,(H,15,18)/t12-,14+/m1/s1. The first-order chi connectivity index (χ1) is 9.15. The second-order valence-corrected chi connectivity index (χ2v) is 5.90. The molecule has 2 aliphatic heterocycles. The summed E-state index contributed by atoms with van der Waals surface area (Å²) in [4.78, 5) is 14.2. The van der Waals surface area contributed by atoms with Crippen molar-refractivity contribution in [2.75, 3.05) is 26.3 Å². The largest absolute Gasteiger partial charge is 0.396 e. The van der Waals surface area contributed by atoms with E-state index in [1.54, 1.807) is 0 Å². The van der Waals surface area contributed by atoms with E-state index >= 15 is 0 Å². The molecule has 2 N–H and O–H groups in total. The molecule has 0 aliphatic carbocycles. The Morgan fingerprint density at radius 3 is 3.05 bits per heavy atom. The fourth-order valence-electron chi connectivity index (χ4n) is 3.19. The molecule has 0 radical (unpaired) electrons. The van der Waals surface area contributed by atoms with Crippen molar-refractivity contribution >= 4 is 6.03 Å². The summed E-state index contributed by atoms with van der Waals surface area (Å²) in [5, 5.41) is 12.0. The summed E-state index contributed by atoms with van der Waals surface area (Å²) in [6.07, 6.45) is 6.04. The number of ether oxygens (including phenoxy) is 1. The van der Waals surface area contributed by atoms with Gasteiger partial charge in [0.2, 0.25) is 0 Å². The highest BCUT2D eigenvalue weighted by molar-refractivity contribution is 5.75. The second kappa shape index (κ2) is 6.57. The van der Waals surface area contributed by atoms with Crippen LogP contribution in [0.3, 0.4) is 0 Å². The summed E-state index contributed by atoms with van der Waals surface area (Å²) in [5.74, 6) is 0. The number of rotatable bonds is 5. The van der Waals surface area contributed by atoms with Crippen molar-refractivity contribution in [2.24, 2.45) is 0 Å². The van der Waals surface area contributed by atoms with E-state index in [9.17, 15) is 4.79 Å². The van der Waals surface area contributed by atoms with Crippen LogP contribution in [0.25, 0.3) is 0 Å². The maximum atomic E-state index is 12.3. The van der Waals surface area contributed by atoms with E-state index < -0.39 is 0 Å². The third-order valence-corrected chi connectivity index (χ3v) is 4.37. The minimum atomic E-state index is -0.0939. The lowest BCUT2D eigenvalue weighted by Crippen LogP contribution is -2.51. The molecule has 2 atom stereocenters. The number of hydrogen-bond acceptors (Lipinski definition) is 3. The highest BCUT2D eigenvalue weighted by Crippen LogP contribution is 2.33. The van der Waals surface area contributed by atoms with Crippen LogP contribution in [0.2, 0.25) is 0 Å². The molecule has 2 saturated heterocycles. The van der Waals surface area contributed by atoms with Gasteiger partial charge in [0.25, 0.3) is 0 Å². The lowest BCUT2D eigenvalue weighted by Gasteiger charge is -2.35. The quantitative estimate of drug-likeness (QED) is 0.796. The summed E-state index contributed by atoms with van der Waals surface area (Å²) in [6.45, 7) is 4.57. The molecule has 19 heavy (non-hydrogen) atoms. The van der Waals surface area contributed by atoms with Crippen LogP contribution in [0.15, 0.2) is 0 Å². The minimum Gasteiger partial charge on any atom is -0.396 e. The number of urea groups is 1. The van der Waals surface area contributed by atoms with Gasteiger partial charge in [0.1, 0.15) is 0 Å². The number of carbonyl (C=O) groups excluding carboxylic acids is 1. The monoisotopic (exact) mass is 270 g/mol. The van der Waals surface area contributed by atoms with Crippen LogP contribution in [-0.4, -0.2) is 54.0 Å². The maximum absolute atomic E-state index is 12.3. The number of aliphatic hydroxyl groups excluding tert-OH is 1. The van der Waals surface area contributed by atoms with Gasteiger partial charge in [0.15, 0.2) is 0 Å². The van der Waals surface area contributed by atoms with Gasteiger partial charge >= 0.3 is 6.03 Å². The molecule has 0 spiro atoms. The molecule has 110 valence electrons. The van der Waals surface area contributed by atoms with Crippen LogP contribution < -0.4 is 5.32 Å². The Hall–Kier alpha value is -0.810. The molecular formula is C14H26N2O3. The Morgan fingerprint density at radius 2 is 2.37 bits per heavy atom. The van der Waals surface area contributed by atoms with Crippen molar-refractivity contribution in [3.05, 3.63) is 0 Å². The first kappa shape index (κ1) is 14.6. The summed E-state index contributed by atoms with van der Waals surface area (Å²) in [7, 11) is 0. The topological polar surface area (TPSA) is 61.8 Å². The van der Waals surface area contributed by atoms with Gasteiger partial charge in [0.05, 0.1) is 6.10 Å². The van der Waals surface area contributed by atoms with Gasteiger partial charge in [-0.2, -0.15) is 0 Å². The lowest BCUT2D eigenvalue weighted by atomic mass is 9.93. The highest BCUT2D eigenvalue weighted by Gasteiger charge is 2.39. The molecule has 5 nitrogen and oxygen atoms in total. The van der Waals surface area contributed by atoms with E-state index in [0.717, 1.165) is 51.7 Å². The Balaban J connectivity index is 1.82. The van der Waals surface area contributed by atoms with Crippen molar-refractivity contribution in [1.82, 2.24) is 10.2 Å². The average Bonchev–Trinajstić information content (AvgIpc) is 3.03. The summed E-state index contributed by atoms with van der Waals surface area (Å²) >= 11 is 0. The number of nitrogens with zero attached hydrogens (tertiary/aromatic N) is 1. The molecule has 0 aromatic rings. The molecule has 0 bridgehead atoms. The SMILES string of the molecule is C[C@@]1(CCCO)CCCN1C(=O)NC[C@H]1CCCO1. The number of aliphatic hydroxyl groups is 1. The zero-order valence-corrected chi connectivity index (χ0v) is 11.9. The zero-order valence-electron chi connectivity index (χ0n) is 11.9.